The first kappa shape index (κ1) is 19.7. The van der Waals surface area contributed by atoms with E-state index in [1.54, 1.807) is 6.07 Å². The Kier molecular flexibility index (Phi) is 5.04. The first-order chi connectivity index (χ1) is 14.4. The molecule has 0 fully saturated rings. The molecule has 2 aromatic carbocycles. The van der Waals surface area contributed by atoms with Gasteiger partial charge in [0.25, 0.3) is 5.56 Å². The molecule has 3 aromatic rings. The van der Waals surface area contributed by atoms with Crippen molar-refractivity contribution in [3.05, 3.63) is 79.7 Å². The maximum absolute atomic E-state index is 13.3. The molecule has 1 aliphatic heterocycles. The average Bonchev–Trinajstić information content (AvgIpc) is 2.73. The highest BCUT2D eigenvalue weighted by atomic mass is 19.1. The fourth-order valence-corrected chi connectivity index (χ4v) is 3.77. The lowest BCUT2D eigenvalue weighted by Crippen LogP contribution is -2.38. The zero-order valence-electron chi connectivity index (χ0n) is 16.4. The van der Waals surface area contributed by atoms with E-state index in [1.165, 1.54) is 26.4 Å². The lowest BCUT2D eigenvalue weighted by Gasteiger charge is -2.28. The maximum Gasteiger partial charge on any atom is 0.335 e. The number of hydrogen-bond acceptors (Lipinski definition) is 6. The van der Waals surface area contributed by atoms with Crippen molar-refractivity contribution >= 4 is 0 Å². The van der Waals surface area contributed by atoms with Crippen molar-refractivity contribution in [2.45, 2.75) is 12.5 Å². The molecule has 0 saturated carbocycles. The zero-order valence-corrected chi connectivity index (χ0v) is 16.4. The Morgan fingerprint density at radius 3 is 2.43 bits per heavy atom. The summed E-state index contributed by atoms with van der Waals surface area (Å²) >= 11 is 0. The fourth-order valence-electron chi connectivity index (χ4n) is 3.77. The number of methoxy groups -OCH3 is 2. The van der Waals surface area contributed by atoms with Crippen LogP contribution in [0.4, 0.5) is 4.39 Å². The summed E-state index contributed by atoms with van der Waals surface area (Å²) in [7, 11) is 3.05. The Morgan fingerprint density at radius 1 is 1.10 bits per heavy atom. The van der Waals surface area contributed by atoms with Crippen molar-refractivity contribution in [3.63, 3.8) is 0 Å². The summed E-state index contributed by atoms with van der Waals surface area (Å²) in [6, 6.07) is 7.91. The number of fused-ring (bicyclic) bond motifs is 1. The van der Waals surface area contributed by atoms with E-state index in [-0.39, 0.29) is 11.3 Å². The predicted molar refractivity (Wildman–Crippen MR) is 107 cm³/mol. The van der Waals surface area contributed by atoms with Gasteiger partial charge in [0.15, 0.2) is 11.5 Å². The molecule has 1 aromatic heterocycles. The van der Waals surface area contributed by atoms with Crippen LogP contribution in [0.15, 0.2) is 46.0 Å². The van der Waals surface area contributed by atoms with E-state index in [0.717, 1.165) is 27.8 Å². The van der Waals surface area contributed by atoms with Gasteiger partial charge in [-0.3, -0.25) is 9.78 Å². The minimum atomic E-state index is -0.823. The van der Waals surface area contributed by atoms with E-state index in [2.05, 4.69) is 10.3 Å². The van der Waals surface area contributed by atoms with Gasteiger partial charge in [-0.05, 0) is 53.9 Å². The van der Waals surface area contributed by atoms with Gasteiger partial charge in [0, 0.05) is 6.54 Å². The van der Waals surface area contributed by atoms with Gasteiger partial charge in [0.2, 0.25) is 5.88 Å². The van der Waals surface area contributed by atoms with E-state index in [9.17, 15) is 19.1 Å². The Balaban J connectivity index is 1.93. The molecule has 0 radical (unpaired) electrons. The molecule has 1 atom stereocenters. The van der Waals surface area contributed by atoms with Crippen LogP contribution in [-0.2, 0) is 6.42 Å². The second-order valence-corrected chi connectivity index (χ2v) is 6.85. The van der Waals surface area contributed by atoms with Crippen molar-refractivity contribution in [1.82, 2.24) is 14.9 Å². The molecule has 0 spiro atoms. The largest absolute Gasteiger partial charge is 0.494 e. The average molecular weight is 413 g/mol. The first-order valence-corrected chi connectivity index (χ1v) is 9.27. The highest BCUT2D eigenvalue weighted by molar-refractivity contribution is 5.53. The molecule has 4 rings (SSSR count). The Hall–Kier alpha value is -3.59. The smallest absolute Gasteiger partial charge is 0.335 e. The second-order valence-electron chi connectivity index (χ2n) is 6.85. The van der Waals surface area contributed by atoms with Crippen LogP contribution in [0.25, 0.3) is 5.69 Å². The topological polar surface area (TPSA) is 106 Å². The molecule has 156 valence electrons. The number of ether oxygens (including phenoxy) is 2. The summed E-state index contributed by atoms with van der Waals surface area (Å²) in [5.41, 5.74) is 0.317. The van der Waals surface area contributed by atoms with Crippen LogP contribution in [0.2, 0.25) is 0 Å². The number of aromatic nitrogens is 2. The minimum Gasteiger partial charge on any atom is -0.494 e. The van der Waals surface area contributed by atoms with Crippen molar-refractivity contribution in [3.8, 4) is 23.1 Å². The van der Waals surface area contributed by atoms with Crippen molar-refractivity contribution in [1.29, 1.82) is 0 Å². The molecule has 0 aliphatic carbocycles. The maximum atomic E-state index is 13.3. The number of benzene rings is 2. The highest BCUT2D eigenvalue weighted by Crippen LogP contribution is 2.38. The van der Waals surface area contributed by atoms with E-state index in [1.807, 2.05) is 6.07 Å². The van der Waals surface area contributed by atoms with Crippen LogP contribution in [-0.4, -0.2) is 35.4 Å². The number of rotatable bonds is 4. The van der Waals surface area contributed by atoms with Crippen LogP contribution >= 0.6 is 0 Å². The second kappa shape index (κ2) is 7.68. The quantitative estimate of drug-likeness (QED) is 0.600. The molecule has 0 amide bonds. The normalized spacial score (nSPS) is 15.5. The number of nitrogens with zero attached hydrogens (tertiary/aromatic N) is 1. The number of nitrogens with one attached hydrogen (secondary N) is 2. The van der Waals surface area contributed by atoms with Gasteiger partial charge in [-0.1, -0.05) is 0 Å². The molecule has 9 heteroatoms. The molecule has 3 N–H and O–H groups in total. The molecule has 1 aliphatic rings. The SMILES string of the molecule is COc1cc2c(cc1OC)C(c1c(O)n(-c3ccc(F)cc3)c(=O)[nH]c1=O)NCC2. The Bertz CT molecular complexity index is 1220. The van der Waals surface area contributed by atoms with E-state index < -0.39 is 29.0 Å². The Morgan fingerprint density at radius 2 is 1.77 bits per heavy atom. The van der Waals surface area contributed by atoms with Crippen LogP contribution in [0.3, 0.4) is 0 Å². The predicted octanol–water partition coefficient (Wildman–Crippen LogP) is 1.62. The summed E-state index contributed by atoms with van der Waals surface area (Å²) < 4.78 is 25.0. The number of aromatic hydroxyl groups is 1. The summed E-state index contributed by atoms with van der Waals surface area (Å²) in [5.74, 6) is 0.0365. The van der Waals surface area contributed by atoms with Crippen molar-refractivity contribution in [2.24, 2.45) is 0 Å². The molecule has 30 heavy (non-hydrogen) atoms. The number of H-pyrrole nitrogens is 1. The van der Waals surface area contributed by atoms with Gasteiger partial charge in [-0.25, -0.2) is 13.8 Å². The van der Waals surface area contributed by atoms with Gasteiger partial charge in [-0.2, -0.15) is 0 Å². The van der Waals surface area contributed by atoms with Gasteiger partial charge < -0.3 is 19.9 Å². The Labute approximate surface area is 170 Å². The lowest BCUT2D eigenvalue weighted by molar-refractivity contribution is 0.352. The van der Waals surface area contributed by atoms with Crippen LogP contribution < -0.4 is 26.0 Å². The molecule has 0 bridgehead atoms. The number of aromatic amines is 1. The summed E-state index contributed by atoms with van der Waals surface area (Å²) in [4.78, 5) is 27.4. The standard InChI is InChI=1S/C21H20FN3O5/c1-29-15-9-11-7-8-23-18(14(11)10-16(15)30-2)17-19(26)24-21(28)25(20(17)27)13-5-3-12(22)4-6-13/h3-6,9-10,18,23,27H,7-8H2,1-2H3,(H,24,26,28). The molecule has 2 heterocycles. The fraction of sp³-hybridized carbons (Fsp3) is 0.238. The minimum absolute atomic E-state index is 0.0212. The molecular weight excluding hydrogens is 393 g/mol. The van der Waals surface area contributed by atoms with Gasteiger partial charge in [-0.15, -0.1) is 0 Å². The third-order valence-electron chi connectivity index (χ3n) is 5.19. The van der Waals surface area contributed by atoms with Crippen LogP contribution in [0.5, 0.6) is 17.4 Å². The summed E-state index contributed by atoms with van der Waals surface area (Å²) in [6.07, 6.45) is 0.683. The molecule has 8 nitrogen and oxygen atoms in total. The number of hydrogen-bond donors (Lipinski definition) is 3. The third-order valence-corrected chi connectivity index (χ3v) is 5.19. The van der Waals surface area contributed by atoms with Crippen LogP contribution in [0.1, 0.15) is 22.7 Å². The zero-order chi connectivity index (χ0) is 21.4. The van der Waals surface area contributed by atoms with E-state index in [4.69, 9.17) is 9.47 Å². The van der Waals surface area contributed by atoms with E-state index >= 15 is 0 Å². The monoisotopic (exact) mass is 413 g/mol. The molecule has 1 unspecified atom stereocenters. The van der Waals surface area contributed by atoms with Crippen molar-refractivity contribution in [2.75, 3.05) is 20.8 Å². The summed E-state index contributed by atoms with van der Waals surface area (Å²) in [6.45, 7) is 0.543. The first-order valence-electron chi connectivity index (χ1n) is 9.27. The van der Waals surface area contributed by atoms with Crippen molar-refractivity contribution < 1.29 is 19.0 Å². The lowest BCUT2D eigenvalue weighted by atomic mass is 9.90. The van der Waals surface area contributed by atoms with Crippen LogP contribution in [0, 0.1) is 5.82 Å². The third kappa shape index (κ3) is 3.22. The highest BCUT2D eigenvalue weighted by Gasteiger charge is 2.30. The van der Waals surface area contributed by atoms with Gasteiger partial charge in [0.1, 0.15) is 5.82 Å². The summed E-state index contributed by atoms with van der Waals surface area (Å²) in [5, 5.41) is 14.1. The molecular formula is C21H20FN3O5. The van der Waals surface area contributed by atoms with Gasteiger partial charge in [0.05, 0.1) is 31.5 Å². The molecule has 0 saturated heterocycles. The van der Waals surface area contributed by atoms with E-state index in [0.29, 0.717) is 24.5 Å². The van der Waals surface area contributed by atoms with Gasteiger partial charge >= 0.3 is 5.69 Å². The number of halogens is 1.